The Kier molecular flexibility index (Phi) is 9.03. The zero-order valence-electron chi connectivity index (χ0n) is 13.8. The van der Waals surface area contributed by atoms with E-state index in [0.717, 1.165) is 5.56 Å². The first kappa shape index (κ1) is 22.1. The van der Waals surface area contributed by atoms with Crippen molar-refractivity contribution < 1.29 is 13.2 Å². The molecule has 0 unspecified atom stereocenters. The molecule has 0 aromatic heterocycles. The highest BCUT2D eigenvalue weighted by atomic mass is 127. The van der Waals surface area contributed by atoms with Crippen LogP contribution in [0.1, 0.15) is 19.4 Å². The molecule has 132 valence electrons. The van der Waals surface area contributed by atoms with Gasteiger partial charge in [-0.05, 0) is 31.5 Å². The average Bonchev–Trinajstić information content (AvgIpc) is 2.47. The fourth-order valence-corrected chi connectivity index (χ4v) is 2.19. The molecule has 0 atom stereocenters. The molecule has 0 aliphatic carbocycles. The highest BCUT2D eigenvalue weighted by molar-refractivity contribution is 14.0. The normalized spacial score (nSPS) is 12.5. The van der Waals surface area contributed by atoms with E-state index in [1.165, 1.54) is 12.1 Å². The Bertz CT molecular complexity index is 633. The van der Waals surface area contributed by atoms with Crippen LogP contribution in [-0.4, -0.2) is 40.7 Å². The van der Waals surface area contributed by atoms with Crippen molar-refractivity contribution in [3.8, 4) is 0 Å². The van der Waals surface area contributed by atoms with Gasteiger partial charge in [0.05, 0.1) is 10.5 Å². The minimum atomic E-state index is -3.69. The largest absolute Gasteiger partial charge is 0.377 e. The summed E-state index contributed by atoms with van der Waals surface area (Å²) in [4.78, 5) is 4.20. The SMILES string of the molecule is CN=C(NCc1cccc(S(N)(=O)=O)c1)NCC(C)(C)OC.I. The Hall–Kier alpha value is -0.910. The molecule has 4 N–H and O–H groups in total. The van der Waals surface area contributed by atoms with Crippen LogP contribution in [0.5, 0.6) is 0 Å². The molecule has 0 bridgehead atoms. The predicted molar refractivity (Wildman–Crippen MR) is 103 cm³/mol. The number of benzene rings is 1. The van der Waals surface area contributed by atoms with E-state index < -0.39 is 10.0 Å². The van der Waals surface area contributed by atoms with Crippen LogP contribution in [0.2, 0.25) is 0 Å². The van der Waals surface area contributed by atoms with Crippen molar-refractivity contribution in [3.63, 3.8) is 0 Å². The lowest BCUT2D eigenvalue weighted by molar-refractivity contribution is 0.0268. The first-order valence-corrected chi connectivity index (χ1v) is 8.34. The third-order valence-electron chi connectivity index (χ3n) is 3.14. The second-order valence-corrected chi connectivity index (χ2v) is 7.00. The Morgan fingerprint density at radius 1 is 1.35 bits per heavy atom. The van der Waals surface area contributed by atoms with Gasteiger partial charge in [0.1, 0.15) is 0 Å². The van der Waals surface area contributed by atoms with E-state index in [1.54, 1.807) is 20.2 Å². The molecule has 1 aromatic carbocycles. The second-order valence-electron chi connectivity index (χ2n) is 5.44. The summed E-state index contributed by atoms with van der Waals surface area (Å²) in [5.41, 5.74) is 0.478. The summed E-state index contributed by atoms with van der Waals surface area (Å²) in [5.74, 6) is 0.603. The molecular formula is C14H25IN4O3S. The number of hydrogen-bond acceptors (Lipinski definition) is 4. The van der Waals surface area contributed by atoms with Crippen LogP contribution < -0.4 is 15.8 Å². The molecule has 1 aromatic rings. The molecule has 0 aliphatic rings. The van der Waals surface area contributed by atoms with Crippen molar-refractivity contribution in [2.24, 2.45) is 10.1 Å². The minimum Gasteiger partial charge on any atom is -0.377 e. The number of hydrogen-bond donors (Lipinski definition) is 3. The standard InChI is InChI=1S/C14H24N4O3S.HI/c1-14(2,21-4)10-18-13(16-3)17-9-11-6-5-7-12(8-11)22(15,19)20;/h5-8H,9-10H2,1-4H3,(H2,15,19,20)(H2,16,17,18);1H. The lowest BCUT2D eigenvalue weighted by Gasteiger charge is -2.24. The molecule has 0 heterocycles. The van der Waals surface area contributed by atoms with Crippen molar-refractivity contribution in [1.82, 2.24) is 10.6 Å². The number of sulfonamides is 1. The lowest BCUT2D eigenvalue weighted by atomic mass is 10.1. The van der Waals surface area contributed by atoms with Crippen molar-refractivity contribution >= 4 is 40.0 Å². The highest BCUT2D eigenvalue weighted by Crippen LogP contribution is 2.09. The molecule has 0 radical (unpaired) electrons. The van der Waals surface area contributed by atoms with Gasteiger partial charge in [0.15, 0.2) is 5.96 Å². The molecule has 9 heteroatoms. The molecule has 0 amide bonds. The van der Waals surface area contributed by atoms with Crippen LogP contribution in [0.4, 0.5) is 0 Å². The van der Waals surface area contributed by atoms with Crippen LogP contribution in [0.3, 0.4) is 0 Å². The topological polar surface area (TPSA) is 106 Å². The number of halogens is 1. The van der Waals surface area contributed by atoms with E-state index in [4.69, 9.17) is 9.88 Å². The summed E-state index contributed by atoms with van der Waals surface area (Å²) < 4.78 is 28.0. The van der Waals surface area contributed by atoms with Gasteiger partial charge in [0.25, 0.3) is 0 Å². The Morgan fingerprint density at radius 2 is 2.00 bits per heavy atom. The highest BCUT2D eigenvalue weighted by Gasteiger charge is 2.16. The summed E-state index contributed by atoms with van der Waals surface area (Å²) in [6.45, 7) is 4.93. The maximum absolute atomic E-state index is 11.3. The third kappa shape index (κ3) is 7.95. The van der Waals surface area contributed by atoms with E-state index in [0.29, 0.717) is 19.0 Å². The van der Waals surface area contributed by atoms with E-state index in [2.05, 4.69) is 15.6 Å². The van der Waals surface area contributed by atoms with Gasteiger partial charge in [-0.2, -0.15) is 0 Å². The van der Waals surface area contributed by atoms with E-state index in [9.17, 15) is 8.42 Å². The predicted octanol–water partition coefficient (Wildman–Crippen LogP) is 1.04. The van der Waals surface area contributed by atoms with E-state index >= 15 is 0 Å². The number of aliphatic imine (C=N–C) groups is 1. The van der Waals surface area contributed by atoms with Gasteiger partial charge in [-0.1, -0.05) is 12.1 Å². The number of nitrogens with one attached hydrogen (secondary N) is 2. The van der Waals surface area contributed by atoms with Crippen LogP contribution in [0.25, 0.3) is 0 Å². The molecular weight excluding hydrogens is 431 g/mol. The van der Waals surface area contributed by atoms with Crippen molar-refractivity contribution in [2.45, 2.75) is 30.9 Å². The lowest BCUT2D eigenvalue weighted by Crippen LogP contribution is -2.45. The van der Waals surface area contributed by atoms with Gasteiger partial charge in [0.2, 0.25) is 10.0 Å². The molecule has 0 fully saturated rings. The number of ether oxygens (including phenoxy) is 1. The van der Waals surface area contributed by atoms with Crippen LogP contribution >= 0.6 is 24.0 Å². The molecule has 0 spiro atoms. The molecule has 23 heavy (non-hydrogen) atoms. The summed E-state index contributed by atoms with van der Waals surface area (Å²) >= 11 is 0. The Labute approximate surface area is 155 Å². The first-order chi connectivity index (χ1) is 10.2. The zero-order chi connectivity index (χ0) is 16.8. The number of rotatable bonds is 6. The van der Waals surface area contributed by atoms with Crippen LogP contribution in [-0.2, 0) is 21.3 Å². The first-order valence-electron chi connectivity index (χ1n) is 6.79. The van der Waals surface area contributed by atoms with Crippen molar-refractivity contribution in [3.05, 3.63) is 29.8 Å². The number of nitrogens with zero attached hydrogens (tertiary/aromatic N) is 1. The monoisotopic (exact) mass is 456 g/mol. The Morgan fingerprint density at radius 3 is 2.52 bits per heavy atom. The molecule has 7 nitrogen and oxygen atoms in total. The van der Waals surface area contributed by atoms with Crippen LogP contribution in [0.15, 0.2) is 34.2 Å². The Balaban J connectivity index is 0.00000484. The molecule has 1 rings (SSSR count). The summed E-state index contributed by atoms with van der Waals surface area (Å²) in [6, 6.07) is 6.47. The zero-order valence-corrected chi connectivity index (χ0v) is 16.9. The second kappa shape index (κ2) is 9.40. The third-order valence-corrected chi connectivity index (χ3v) is 4.06. The van der Waals surface area contributed by atoms with Crippen LogP contribution in [0, 0.1) is 0 Å². The number of methoxy groups -OCH3 is 1. The van der Waals surface area contributed by atoms with Gasteiger partial charge >= 0.3 is 0 Å². The molecule has 0 saturated heterocycles. The van der Waals surface area contributed by atoms with Gasteiger partial charge in [-0.15, -0.1) is 24.0 Å². The van der Waals surface area contributed by atoms with Gasteiger partial charge < -0.3 is 15.4 Å². The summed E-state index contributed by atoms with van der Waals surface area (Å²) in [5, 5.41) is 11.4. The minimum absolute atomic E-state index is 0. The number of primary sulfonamides is 1. The van der Waals surface area contributed by atoms with Gasteiger partial charge in [0, 0.05) is 27.2 Å². The number of nitrogens with two attached hydrogens (primary N) is 1. The summed E-state index contributed by atoms with van der Waals surface area (Å²) in [7, 11) is -0.381. The number of guanidine groups is 1. The van der Waals surface area contributed by atoms with E-state index in [-0.39, 0.29) is 34.5 Å². The fourth-order valence-electron chi connectivity index (χ4n) is 1.61. The van der Waals surface area contributed by atoms with Gasteiger partial charge in [-0.25, -0.2) is 13.6 Å². The fraction of sp³-hybridized carbons (Fsp3) is 0.500. The van der Waals surface area contributed by atoms with Crippen molar-refractivity contribution in [2.75, 3.05) is 20.7 Å². The molecule has 0 saturated carbocycles. The average molecular weight is 456 g/mol. The smallest absolute Gasteiger partial charge is 0.238 e. The maximum Gasteiger partial charge on any atom is 0.238 e. The quantitative estimate of drug-likeness (QED) is 0.337. The molecule has 0 aliphatic heterocycles. The van der Waals surface area contributed by atoms with Crippen molar-refractivity contribution in [1.29, 1.82) is 0 Å². The maximum atomic E-state index is 11.3. The van der Waals surface area contributed by atoms with E-state index in [1.807, 2.05) is 19.9 Å². The van der Waals surface area contributed by atoms with Gasteiger partial charge in [-0.3, -0.25) is 4.99 Å². The summed E-state index contributed by atoms with van der Waals surface area (Å²) in [6.07, 6.45) is 0.